The molecule has 0 amide bonds. The third kappa shape index (κ3) is 2.61. The fraction of sp³-hybridized carbons (Fsp3) is 0.500. The highest BCUT2D eigenvalue weighted by atomic mass is 15.1. The van der Waals surface area contributed by atoms with E-state index in [0.717, 1.165) is 29.8 Å². The maximum atomic E-state index is 4.39. The quantitative estimate of drug-likeness (QED) is 0.900. The highest BCUT2D eigenvalue weighted by Crippen LogP contribution is 2.30. The number of rotatable bonds is 3. The summed E-state index contributed by atoms with van der Waals surface area (Å²) in [6.07, 6.45) is 4.17. The molecule has 4 heteroatoms. The number of para-hydroxylation sites is 1. The van der Waals surface area contributed by atoms with Gasteiger partial charge in [-0.2, -0.15) is 0 Å². The molecular formula is C16H22N4. The molecule has 2 heterocycles. The van der Waals surface area contributed by atoms with Gasteiger partial charge in [-0.15, -0.1) is 0 Å². The van der Waals surface area contributed by atoms with Crippen LogP contribution in [-0.4, -0.2) is 29.1 Å². The smallest absolute Gasteiger partial charge is 0.137 e. The number of nitrogens with one attached hydrogen (secondary N) is 2. The molecule has 1 aromatic heterocycles. The highest BCUT2D eigenvalue weighted by molar-refractivity contribution is 5.88. The fourth-order valence-electron chi connectivity index (χ4n) is 2.96. The van der Waals surface area contributed by atoms with E-state index in [4.69, 9.17) is 0 Å². The molecule has 1 aliphatic heterocycles. The van der Waals surface area contributed by atoms with Gasteiger partial charge in [0.1, 0.15) is 12.1 Å². The zero-order chi connectivity index (χ0) is 14.0. The Hall–Kier alpha value is -1.68. The summed E-state index contributed by atoms with van der Waals surface area (Å²) < 4.78 is 0. The van der Waals surface area contributed by atoms with Crippen molar-refractivity contribution in [3.63, 3.8) is 0 Å². The molecule has 0 saturated carbocycles. The Morgan fingerprint density at radius 1 is 1.30 bits per heavy atom. The monoisotopic (exact) mass is 270 g/mol. The van der Waals surface area contributed by atoms with Gasteiger partial charge in [-0.1, -0.05) is 26.0 Å². The van der Waals surface area contributed by atoms with Gasteiger partial charge in [-0.25, -0.2) is 9.97 Å². The third-order valence-corrected chi connectivity index (χ3v) is 4.35. The Bertz CT molecular complexity index is 589. The zero-order valence-electron chi connectivity index (χ0n) is 12.2. The average Bonchev–Trinajstić information content (AvgIpc) is 2.46. The van der Waals surface area contributed by atoms with E-state index in [1.54, 1.807) is 6.33 Å². The van der Waals surface area contributed by atoms with Crippen molar-refractivity contribution in [1.82, 2.24) is 15.3 Å². The summed E-state index contributed by atoms with van der Waals surface area (Å²) in [5.41, 5.74) is 1.31. The van der Waals surface area contributed by atoms with Crippen molar-refractivity contribution in [3.05, 3.63) is 30.6 Å². The van der Waals surface area contributed by atoms with E-state index in [2.05, 4.69) is 40.5 Å². The predicted molar refractivity (Wildman–Crippen MR) is 82.8 cm³/mol. The fourth-order valence-corrected chi connectivity index (χ4v) is 2.96. The van der Waals surface area contributed by atoms with Gasteiger partial charge in [0.05, 0.1) is 5.52 Å². The molecule has 1 aromatic carbocycles. The number of piperidine rings is 1. The molecule has 1 atom stereocenters. The third-order valence-electron chi connectivity index (χ3n) is 4.35. The topological polar surface area (TPSA) is 49.8 Å². The Morgan fingerprint density at radius 2 is 2.15 bits per heavy atom. The molecular weight excluding hydrogens is 248 g/mol. The number of hydrogen-bond acceptors (Lipinski definition) is 4. The van der Waals surface area contributed by atoms with E-state index < -0.39 is 0 Å². The standard InChI is InChI=1S/C16H22N4/c1-16(2)8-5-9-17-14(16)10-18-15-12-6-3-4-7-13(12)19-11-20-15/h3-4,6-7,11,14,17H,5,8-10H2,1-2H3,(H,18,19,20). The molecule has 0 bridgehead atoms. The lowest BCUT2D eigenvalue weighted by Crippen LogP contribution is -2.50. The summed E-state index contributed by atoms with van der Waals surface area (Å²) >= 11 is 0. The van der Waals surface area contributed by atoms with Crippen molar-refractivity contribution < 1.29 is 0 Å². The van der Waals surface area contributed by atoms with Crippen LogP contribution in [0.15, 0.2) is 30.6 Å². The Balaban J connectivity index is 1.77. The summed E-state index contributed by atoms with van der Waals surface area (Å²) in [5, 5.41) is 8.21. The molecule has 0 aliphatic carbocycles. The van der Waals surface area contributed by atoms with Crippen LogP contribution >= 0.6 is 0 Å². The van der Waals surface area contributed by atoms with Gasteiger partial charge < -0.3 is 10.6 Å². The highest BCUT2D eigenvalue weighted by Gasteiger charge is 2.31. The molecule has 0 spiro atoms. The largest absolute Gasteiger partial charge is 0.368 e. The molecule has 1 aliphatic rings. The summed E-state index contributed by atoms with van der Waals surface area (Å²) in [5.74, 6) is 0.929. The van der Waals surface area contributed by atoms with E-state index in [9.17, 15) is 0 Å². The van der Waals surface area contributed by atoms with E-state index in [1.165, 1.54) is 12.8 Å². The van der Waals surface area contributed by atoms with E-state index in [0.29, 0.717) is 11.5 Å². The van der Waals surface area contributed by atoms with Crippen molar-refractivity contribution >= 4 is 16.7 Å². The van der Waals surface area contributed by atoms with Crippen LogP contribution in [-0.2, 0) is 0 Å². The first kappa shape index (κ1) is 13.3. The lowest BCUT2D eigenvalue weighted by atomic mass is 9.77. The van der Waals surface area contributed by atoms with Crippen LogP contribution in [0, 0.1) is 5.41 Å². The lowest BCUT2D eigenvalue weighted by molar-refractivity contribution is 0.188. The van der Waals surface area contributed by atoms with Gasteiger partial charge in [0.15, 0.2) is 0 Å². The minimum Gasteiger partial charge on any atom is -0.368 e. The molecule has 4 nitrogen and oxygen atoms in total. The van der Waals surface area contributed by atoms with Crippen molar-refractivity contribution in [2.45, 2.75) is 32.7 Å². The van der Waals surface area contributed by atoms with Gasteiger partial charge in [0, 0.05) is 18.0 Å². The summed E-state index contributed by atoms with van der Waals surface area (Å²) in [6, 6.07) is 8.59. The van der Waals surface area contributed by atoms with E-state index in [-0.39, 0.29) is 0 Å². The normalized spacial score (nSPS) is 21.8. The number of aromatic nitrogens is 2. The van der Waals surface area contributed by atoms with Crippen molar-refractivity contribution in [2.24, 2.45) is 5.41 Å². The van der Waals surface area contributed by atoms with Crippen LogP contribution in [0.25, 0.3) is 10.9 Å². The maximum absolute atomic E-state index is 4.39. The van der Waals surface area contributed by atoms with Gasteiger partial charge >= 0.3 is 0 Å². The summed E-state index contributed by atoms with van der Waals surface area (Å²) in [7, 11) is 0. The zero-order valence-corrected chi connectivity index (χ0v) is 12.2. The number of fused-ring (bicyclic) bond motifs is 1. The molecule has 1 unspecified atom stereocenters. The molecule has 1 fully saturated rings. The van der Waals surface area contributed by atoms with Crippen LogP contribution in [0.2, 0.25) is 0 Å². The Labute approximate surface area is 120 Å². The van der Waals surface area contributed by atoms with E-state index >= 15 is 0 Å². The minimum absolute atomic E-state index is 0.327. The number of hydrogen-bond donors (Lipinski definition) is 2. The first-order chi connectivity index (χ1) is 9.67. The molecule has 20 heavy (non-hydrogen) atoms. The van der Waals surface area contributed by atoms with Gasteiger partial charge in [-0.3, -0.25) is 0 Å². The van der Waals surface area contributed by atoms with Crippen molar-refractivity contribution in [2.75, 3.05) is 18.4 Å². The number of anilines is 1. The summed E-state index contributed by atoms with van der Waals surface area (Å²) in [6.45, 7) is 6.68. The maximum Gasteiger partial charge on any atom is 0.137 e. The average molecular weight is 270 g/mol. The molecule has 2 N–H and O–H groups in total. The second-order valence-corrected chi connectivity index (χ2v) is 6.22. The van der Waals surface area contributed by atoms with Gasteiger partial charge in [0.25, 0.3) is 0 Å². The molecule has 0 radical (unpaired) electrons. The van der Waals surface area contributed by atoms with Crippen LogP contribution in [0.3, 0.4) is 0 Å². The second kappa shape index (κ2) is 5.37. The Kier molecular flexibility index (Phi) is 3.57. The molecule has 1 saturated heterocycles. The van der Waals surface area contributed by atoms with Crippen LogP contribution in [0.1, 0.15) is 26.7 Å². The van der Waals surface area contributed by atoms with Crippen LogP contribution < -0.4 is 10.6 Å². The minimum atomic E-state index is 0.327. The van der Waals surface area contributed by atoms with Crippen LogP contribution in [0.4, 0.5) is 5.82 Å². The first-order valence-electron chi connectivity index (χ1n) is 7.34. The van der Waals surface area contributed by atoms with E-state index in [1.807, 2.05) is 18.2 Å². The number of benzene rings is 1. The number of nitrogens with zero attached hydrogens (tertiary/aromatic N) is 2. The first-order valence-corrected chi connectivity index (χ1v) is 7.34. The lowest BCUT2D eigenvalue weighted by Gasteiger charge is -2.39. The van der Waals surface area contributed by atoms with Crippen molar-refractivity contribution in [1.29, 1.82) is 0 Å². The predicted octanol–water partition coefficient (Wildman–Crippen LogP) is 2.82. The molecule has 3 rings (SSSR count). The Morgan fingerprint density at radius 3 is 3.00 bits per heavy atom. The summed E-state index contributed by atoms with van der Waals surface area (Å²) in [4.78, 5) is 8.69. The van der Waals surface area contributed by atoms with Gasteiger partial charge in [0.2, 0.25) is 0 Å². The second-order valence-electron chi connectivity index (χ2n) is 6.22. The molecule has 106 valence electrons. The molecule has 2 aromatic rings. The van der Waals surface area contributed by atoms with Crippen LogP contribution in [0.5, 0.6) is 0 Å². The van der Waals surface area contributed by atoms with Crippen molar-refractivity contribution in [3.8, 4) is 0 Å². The SMILES string of the molecule is CC1(C)CCCNC1CNc1ncnc2ccccc12. The van der Waals surface area contributed by atoms with Gasteiger partial charge in [-0.05, 0) is 36.9 Å².